The Bertz CT molecular complexity index is 2060. The van der Waals surface area contributed by atoms with Gasteiger partial charge in [-0.05, 0) is 105 Å². The lowest BCUT2D eigenvalue weighted by molar-refractivity contribution is -0.141. The number of carbonyl (C=O) groups excluding carboxylic acids is 3. The molecule has 2 aromatic heterocycles. The second-order valence-corrected chi connectivity index (χ2v) is 16.2. The monoisotopic (exact) mass is 787 g/mol. The lowest BCUT2D eigenvalue weighted by Gasteiger charge is -2.32. The fraction of sp³-hybridized carbons (Fsp3) is 0.500. The quantitative estimate of drug-likeness (QED) is 0.100. The Hall–Kier alpha value is -4.88. The smallest absolute Gasteiger partial charge is 0.293 e. The first kappa shape index (κ1) is 41.7. The Morgan fingerprint density at radius 1 is 1.11 bits per heavy atom. The number of aromatic hydroxyl groups is 1. The zero-order valence-electron chi connectivity index (χ0n) is 33.5. The zero-order chi connectivity index (χ0) is 40.9. The van der Waals surface area contributed by atoms with Gasteiger partial charge in [-0.25, -0.2) is 14.2 Å². The van der Waals surface area contributed by atoms with Gasteiger partial charge in [0.15, 0.2) is 0 Å². The first-order valence-corrected chi connectivity index (χ1v) is 20.0. The third-order valence-electron chi connectivity index (χ3n) is 11.5. The number of ether oxygens (including phenoxy) is 2. The number of amides is 2. The van der Waals surface area contributed by atoms with Crippen LogP contribution in [0.3, 0.4) is 0 Å². The third kappa shape index (κ3) is 9.31. The van der Waals surface area contributed by atoms with Gasteiger partial charge in [0.05, 0.1) is 24.1 Å². The van der Waals surface area contributed by atoms with Crippen LogP contribution in [-0.4, -0.2) is 77.2 Å². The number of phenolic OH excluding ortho intramolecular Hbond substituents is 1. The van der Waals surface area contributed by atoms with E-state index >= 15 is 0 Å². The number of aromatic nitrogens is 2. The molecule has 6 rings (SSSR count). The number of methoxy groups -OCH3 is 1. The summed E-state index contributed by atoms with van der Waals surface area (Å²) in [5.74, 6) is -2.82. The molecule has 2 aromatic carbocycles. The molecule has 3 N–H and O–H groups in total. The highest BCUT2D eigenvalue weighted by molar-refractivity contribution is 5.95. The fourth-order valence-electron chi connectivity index (χ4n) is 8.61. The Balaban J connectivity index is 1.42. The Labute approximate surface area is 333 Å². The number of nitrogens with one attached hydrogen (secondary N) is 2. The maximum Gasteiger partial charge on any atom is 0.293 e. The van der Waals surface area contributed by atoms with Crippen LogP contribution in [-0.2, 0) is 43.2 Å². The second kappa shape index (κ2) is 18.1. The van der Waals surface area contributed by atoms with Gasteiger partial charge in [-0.15, -0.1) is 0 Å². The van der Waals surface area contributed by atoms with E-state index in [4.69, 9.17) is 14.5 Å². The average Bonchev–Trinajstić information content (AvgIpc) is 3.82. The number of benzene rings is 2. The summed E-state index contributed by atoms with van der Waals surface area (Å²) >= 11 is 0. The molecule has 57 heavy (non-hydrogen) atoms. The average molecular weight is 788 g/mol. The van der Waals surface area contributed by atoms with Crippen molar-refractivity contribution in [3.05, 3.63) is 71.5 Å². The number of alkyl halides is 2. The Kier molecular flexibility index (Phi) is 13.3. The first-order valence-electron chi connectivity index (χ1n) is 20.0. The van der Waals surface area contributed by atoms with Crippen molar-refractivity contribution < 1.29 is 37.7 Å². The van der Waals surface area contributed by atoms with Gasteiger partial charge in [-0.2, -0.15) is 0 Å². The van der Waals surface area contributed by atoms with Gasteiger partial charge in [-0.1, -0.05) is 32.4 Å². The standard InChI is InChI=1S/C44H55F2N5O6/c1-6-50-38-15-14-29(23-35(38)36(24-44(3,4)25-57-26-52)40(50)34-13-10-16-47-39(34)27(2)56-5)30-19-28(20-31(53)22-30)21-37(43(55)51-18-8-7-17-48-51)49-42(54)33-12-9-11-32(33)41(45)46/h10,13-16,19-20,22-23,26-27,32-33,37,41,48,53H,6-9,11-12,17-18,21,24-25H2,1-5H3,(H,49,54). The molecule has 1 aliphatic heterocycles. The molecule has 2 aliphatic rings. The highest BCUT2D eigenvalue weighted by Crippen LogP contribution is 2.42. The number of aryl methyl sites for hydroxylation is 1. The van der Waals surface area contributed by atoms with Gasteiger partial charge >= 0.3 is 0 Å². The lowest BCUT2D eigenvalue weighted by atomic mass is 9.84. The van der Waals surface area contributed by atoms with Gasteiger partial charge in [0.1, 0.15) is 11.8 Å². The van der Waals surface area contributed by atoms with Crippen LogP contribution in [0.25, 0.3) is 33.3 Å². The van der Waals surface area contributed by atoms with E-state index in [2.05, 4.69) is 54.3 Å². The van der Waals surface area contributed by atoms with Gasteiger partial charge in [-0.3, -0.25) is 24.4 Å². The summed E-state index contributed by atoms with van der Waals surface area (Å²) in [6.07, 6.45) is 2.33. The van der Waals surface area contributed by atoms with Crippen molar-refractivity contribution >= 4 is 29.2 Å². The molecule has 4 atom stereocenters. The number of hydrazine groups is 1. The largest absolute Gasteiger partial charge is 0.508 e. The first-order chi connectivity index (χ1) is 27.3. The summed E-state index contributed by atoms with van der Waals surface area (Å²) in [4.78, 5) is 43.4. The van der Waals surface area contributed by atoms with E-state index in [9.17, 15) is 28.3 Å². The summed E-state index contributed by atoms with van der Waals surface area (Å²) < 4.78 is 41.0. The predicted molar refractivity (Wildman–Crippen MR) is 214 cm³/mol. The molecule has 0 radical (unpaired) electrons. The van der Waals surface area contributed by atoms with Crippen LogP contribution in [0.15, 0.2) is 54.7 Å². The molecule has 2 fully saturated rings. The van der Waals surface area contributed by atoms with E-state index in [-0.39, 0.29) is 37.2 Å². The van der Waals surface area contributed by atoms with Crippen molar-refractivity contribution in [2.45, 2.75) is 97.8 Å². The molecule has 306 valence electrons. The van der Waals surface area contributed by atoms with Crippen molar-refractivity contribution in [3.63, 3.8) is 0 Å². The van der Waals surface area contributed by atoms with Crippen molar-refractivity contribution in [2.75, 3.05) is 26.8 Å². The zero-order valence-corrected chi connectivity index (χ0v) is 33.5. The van der Waals surface area contributed by atoms with E-state index in [1.54, 1.807) is 25.4 Å². The predicted octanol–water partition coefficient (Wildman–Crippen LogP) is 7.38. The van der Waals surface area contributed by atoms with Crippen LogP contribution in [0.1, 0.15) is 82.7 Å². The van der Waals surface area contributed by atoms with Crippen molar-refractivity contribution in [2.24, 2.45) is 17.3 Å². The number of carbonyl (C=O) groups is 3. The Morgan fingerprint density at radius 3 is 2.61 bits per heavy atom. The molecule has 1 saturated carbocycles. The fourth-order valence-corrected chi connectivity index (χ4v) is 8.61. The summed E-state index contributed by atoms with van der Waals surface area (Å²) in [6.45, 7) is 10.6. The van der Waals surface area contributed by atoms with Crippen molar-refractivity contribution in [3.8, 4) is 28.1 Å². The summed E-state index contributed by atoms with van der Waals surface area (Å²) in [7, 11) is 1.66. The van der Waals surface area contributed by atoms with Crippen LogP contribution in [0.4, 0.5) is 8.78 Å². The SMILES string of the molecule is CCn1c(-c2cccnc2C(C)OC)c(CC(C)(C)COC=O)c2cc(-c3cc(O)cc(CC(NC(=O)C4CCCC4C(F)F)C(=O)N4CCCCN4)c3)ccc21. The number of nitrogens with zero attached hydrogens (tertiary/aromatic N) is 3. The van der Waals surface area contributed by atoms with Crippen LogP contribution in [0, 0.1) is 17.3 Å². The Morgan fingerprint density at radius 2 is 1.91 bits per heavy atom. The molecule has 3 heterocycles. The van der Waals surface area contributed by atoms with Gasteiger partial charge in [0.25, 0.3) is 12.4 Å². The maximum atomic E-state index is 13.9. The van der Waals surface area contributed by atoms with E-state index in [0.717, 1.165) is 51.8 Å². The molecule has 0 bridgehead atoms. The molecule has 1 aliphatic carbocycles. The number of fused-ring (bicyclic) bond motifs is 1. The summed E-state index contributed by atoms with van der Waals surface area (Å²) in [5, 5.41) is 16.4. The van der Waals surface area contributed by atoms with Gasteiger partial charge in [0.2, 0.25) is 12.3 Å². The number of pyridine rings is 1. The molecule has 13 heteroatoms. The molecule has 4 aromatic rings. The van der Waals surface area contributed by atoms with Crippen LogP contribution in [0.5, 0.6) is 5.75 Å². The maximum absolute atomic E-state index is 13.9. The van der Waals surface area contributed by atoms with E-state index in [1.165, 1.54) is 5.01 Å². The minimum Gasteiger partial charge on any atom is -0.508 e. The number of hydrogen-bond donors (Lipinski definition) is 3. The van der Waals surface area contributed by atoms with Crippen molar-refractivity contribution in [1.29, 1.82) is 0 Å². The highest BCUT2D eigenvalue weighted by atomic mass is 19.3. The molecule has 2 amide bonds. The highest BCUT2D eigenvalue weighted by Gasteiger charge is 2.40. The number of hydrogen-bond acceptors (Lipinski definition) is 8. The minimum atomic E-state index is -2.62. The van der Waals surface area contributed by atoms with Crippen LogP contribution >= 0.6 is 0 Å². The number of rotatable bonds is 16. The number of halogens is 2. The van der Waals surface area contributed by atoms with E-state index in [1.807, 2.05) is 25.1 Å². The molecule has 11 nitrogen and oxygen atoms in total. The second-order valence-electron chi connectivity index (χ2n) is 16.2. The van der Waals surface area contributed by atoms with Crippen LogP contribution < -0.4 is 10.7 Å². The summed E-state index contributed by atoms with van der Waals surface area (Å²) in [6, 6.07) is 14.2. The minimum absolute atomic E-state index is 0.0162. The van der Waals surface area contributed by atoms with E-state index < -0.39 is 35.6 Å². The molecular weight excluding hydrogens is 733 g/mol. The normalized spacial score (nSPS) is 18.5. The van der Waals surface area contributed by atoms with Crippen LogP contribution in [0.2, 0.25) is 0 Å². The van der Waals surface area contributed by atoms with Gasteiger partial charge < -0.3 is 24.5 Å². The third-order valence-corrected chi connectivity index (χ3v) is 11.5. The molecule has 1 saturated heterocycles. The van der Waals surface area contributed by atoms with Crippen molar-refractivity contribution in [1.82, 2.24) is 25.3 Å². The lowest BCUT2D eigenvalue weighted by Crippen LogP contribution is -2.56. The molecule has 4 unspecified atom stereocenters. The summed E-state index contributed by atoms with van der Waals surface area (Å²) in [5.41, 5.74) is 9.56. The molecular formula is C44H55F2N5O6. The van der Waals surface area contributed by atoms with Gasteiger partial charge in [0, 0.05) is 73.1 Å². The molecule has 0 spiro atoms. The van der Waals surface area contributed by atoms with E-state index in [0.29, 0.717) is 56.5 Å². The number of phenols is 1. The topological polar surface area (TPSA) is 135 Å².